The van der Waals surface area contributed by atoms with Crippen LogP contribution in [-0.4, -0.2) is 91.4 Å². The highest BCUT2D eigenvalue weighted by atomic mass is 35.5. The maximum Gasteiger partial charge on any atom is 0.306 e. The molecule has 200 valence electrons. The summed E-state index contributed by atoms with van der Waals surface area (Å²) in [4.78, 5) is 29.6. The summed E-state index contributed by atoms with van der Waals surface area (Å²) in [7, 11) is 1.47. The summed E-state index contributed by atoms with van der Waals surface area (Å²) in [5, 5.41) is 13.8. The second-order valence-corrected chi connectivity index (χ2v) is 10.7. The summed E-state index contributed by atoms with van der Waals surface area (Å²) in [5.74, 6) is 0.467. The Kier molecular flexibility index (Phi) is 9.33. The van der Waals surface area contributed by atoms with Crippen LogP contribution in [0.4, 0.5) is 5.69 Å². The predicted octanol–water partition coefficient (Wildman–Crippen LogP) is 2.29. The molecule has 0 aliphatic carbocycles. The van der Waals surface area contributed by atoms with Crippen molar-refractivity contribution in [1.82, 2.24) is 15.1 Å². The number of nitrogens with two attached hydrogens (primary N) is 1. The average molecular weight is 523 g/mol. The van der Waals surface area contributed by atoms with Crippen molar-refractivity contribution >= 4 is 29.2 Å². The predicted molar refractivity (Wildman–Crippen MR) is 138 cm³/mol. The van der Waals surface area contributed by atoms with Crippen LogP contribution in [0, 0.1) is 5.92 Å². The van der Waals surface area contributed by atoms with Gasteiger partial charge in [0.05, 0.1) is 35.5 Å². The molecule has 3 atom stereocenters. The van der Waals surface area contributed by atoms with Crippen molar-refractivity contribution < 1.29 is 24.2 Å². The minimum atomic E-state index is -0.672. The van der Waals surface area contributed by atoms with Gasteiger partial charge in [0.15, 0.2) is 0 Å². The van der Waals surface area contributed by atoms with E-state index in [1.54, 1.807) is 0 Å². The molecule has 3 unspecified atom stereocenters. The number of aliphatic hydroxyl groups is 1. The van der Waals surface area contributed by atoms with Crippen LogP contribution in [0.1, 0.15) is 55.3 Å². The number of methoxy groups -OCH3 is 1. The lowest BCUT2D eigenvalue weighted by atomic mass is 9.86. The molecule has 4 fully saturated rings. The Bertz CT molecular complexity index is 924. The summed E-state index contributed by atoms with van der Waals surface area (Å²) in [6, 6.07) is 2.66. The van der Waals surface area contributed by atoms with Crippen molar-refractivity contribution in [3.05, 3.63) is 22.7 Å². The third kappa shape index (κ3) is 6.82. The van der Waals surface area contributed by atoms with Crippen LogP contribution in [0.3, 0.4) is 0 Å². The third-order valence-electron chi connectivity index (χ3n) is 7.78. The fourth-order valence-electron chi connectivity index (χ4n) is 5.58. The Morgan fingerprint density at radius 1 is 1.14 bits per heavy atom. The van der Waals surface area contributed by atoms with Gasteiger partial charge in [0.1, 0.15) is 11.9 Å². The highest BCUT2D eigenvalue weighted by Crippen LogP contribution is 2.30. The minimum Gasteiger partial charge on any atom is -0.496 e. The van der Waals surface area contributed by atoms with E-state index in [-0.39, 0.29) is 29.0 Å². The molecule has 0 spiro atoms. The van der Waals surface area contributed by atoms with E-state index < -0.39 is 6.10 Å². The van der Waals surface area contributed by atoms with Crippen LogP contribution >= 0.6 is 11.6 Å². The summed E-state index contributed by atoms with van der Waals surface area (Å²) < 4.78 is 11.0. The highest BCUT2D eigenvalue weighted by Gasteiger charge is 2.36. The topological polar surface area (TPSA) is 117 Å². The molecular weight excluding hydrogens is 484 g/mol. The van der Waals surface area contributed by atoms with Gasteiger partial charge in [-0.3, -0.25) is 14.5 Å². The standard InChI is InChI=1S/C26H39ClN4O5/c1-35-23-14-20(28)19(27)13-18(23)26(34)29-21-8-12-30(15-22(21)32)9-4-2-3-5-25(33)36-24-16-31-10-6-17(24)7-11-31/h13-14,17,21-22,24,32H,2-12,15-16,28H2,1H3,(H,29,34). The Balaban J connectivity index is 1.12. The molecule has 4 N–H and O–H groups in total. The van der Waals surface area contributed by atoms with Crippen LogP contribution in [0.15, 0.2) is 12.1 Å². The Labute approximate surface area is 218 Å². The summed E-state index contributed by atoms with van der Waals surface area (Å²) in [6.07, 6.45) is 5.54. The molecule has 4 saturated heterocycles. The maximum absolute atomic E-state index is 12.8. The van der Waals surface area contributed by atoms with Gasteiger partial charge in [-0.05, 0) is 63.7 Å². The fourth-order valence-corrected chi connectivity index (χ4v) is 5.75. The number of nitrogen functional groups attached to an aromatic ring is 1. The number of amides is 1. The summed E-state index contributed by atoms with van der Waals surface area (Å²) in [6.45, 7) is 5.31. The number of likely N-dealkylation sites (tertiary alicyclic amines) is 1. The Morgan fingerprint density at radius 2 is 1.92 bits per heavy atom. The first-order valence-electron chi connectivity index (χ1n) is 13.1. The number of piperidine rings is 4. The average Bonchev–Trinajstić information content (AvgIpc) is 2.87. The lowest BCUT2D eigenvalue weighted by molar-refractivity contribution is -0.158. The molecule has 4 aliphatic rings. The number of ether oxygens (including phenoxy) is 2. The number of carbonyl (C=O) groups excluding carboxylic acids is 2. The molecule has 10 heteroatoms. The van der Waals surface area contributed by atoms with Gasteiger partial charge in [-0.1, -0.05) is 18.0 Å². The van der Waals surface area contributed by atoms with Crippen molar-refractivity contribution in [3.63, 3.8) is 0 Å². The zero-order valence-corrected chi connectivity index (χ0v) is 21.8. The van der Waals surface area contributed by atoms with Crippen molar-refractivity contribution in [2.75, 3.05) is 52.1 Å². The van der Waals surface area contributed by atoms with E-state index >= 15 is 0 Å². The van der Waals surface area contributed by atoms with Crippen LogP contribution in [0.5, 0.6) is 5.75 Å². The number of anilines is 1. The number of carbonyl (C=O) groups is 2. The van der Waals surface area contributed by atoms with Gasteiger partial charge >= 0.3 is 5.97 Å². The molecule has 2 bridgehead atoms. The molecule has 36 heavy (non-hydrogen) atoms. The van der Waals surface area contributed by atoms with Crippen molar-refractivity contribution in [2.45, 2.75) is 63.2 Å². The zero-order chi connectivity index (χ0) is 25.7. The Hall–Kier alpha value is -2.07. The molecule has 0 saturated carbocycles. The van der Waals surface area contributed by atoms with Crippen molar-refractivity contribution in [3.8, 4) is 5.75 Å². The summed E-state index contributed by atoms with van der Waals surface area (Å²) >= 11 is 6.08. The molecule has 9 nitrogen and oxygen atoms in total. The molecule has 1 amide bonds. The number of β-amino-alcohol motifs (C(OH)–C–C–N with tert-alkyl or cyclic N) is 1. The number of benzene rings is 1. The second-order valence-electron chi connectivity index (χ2n) is 10.3. The highest BCUT2D eigenvalue weighted by molar-refractivity contribution is 6.33. The van der Waals surface area contributed by atoms with Gasteiger partial charge in [-0.25, -0.2) is 0 Å². The first-order valence-corrected chi connectivity index (χ1v) is 13.5. The normalized spacial score (nSPS) is 28.0. The van der Waals surface area contributed by atoms with Gasteiger partial charge < -0.3 is 30.5 Å². The molecule has 1 aromatic carbocycles. The lowest BCUT2D eigenvalue weighted by Gasteiger charge is -2.43. The lowest BCUT2D eigenvalue weighted by Crippen LogP contribution is -2.54. The van der Waals surface area contributed by atoms with E-state index in [2.05, 4.69) is 15.1 Å². The largest absolute Gasteiger partial charge is 0.496 e. The van der Waals surface area contributed by atoms with Gasteiger partial charge in [0.25, 0.3) is 5.91 Å². The third-order valence-corrected chi connectivity index (χ3v) is 8.11. The first kappa shape index (κ1) is 27.0. The van der Waals surface area contributed by atoms with E-state index in [1.807, 2.05) is 0 Å². The molecule has 4 aliphatic heterocycles. The number of halogens is 1. The number of unbranched alkanes of at least 4 members (excludes halogenated alkanes) is 2. The zero-order valence-electron chi connectivity index (χ0n) is 21.1. The summed E-state index contributed by atoms with van der Waals surface area (Å²) in [5.41, 5.74) is 6.42. The maximum atomic E-state index is 12.8. The smallest absolute Gasteiger partial charge is 0.306 e. The van der Waals surface area contributed by atoms with Gasteiger partial charge in [0.2, 0.25) is 0 Å². The van der Waals surface area contributed by atoms with Gasteiger partial charge in [-0.2, -0.15) is 0 Å². The van der Waals surface area contributed by atoms with Crippen molar-refractivity contribution in [1.29, 1.82) is 0 Å². The number of hydrogen-bond donors (Lipinski definition) is 3. The minimum absolute atomic E-state index is 0.0697. The van der Waals surface area contributed by atoms with Crippen molar-refractivity contribution in [2.24, 2.45) is 5.92 Å². The molecule has 4 heterocycles. The monoisotopic (exact) mass is 522 g/mol. The van der Waals surface area contributed by atoms with E-state index in [1.165, 1.54) is 19.2 Å². The molecule has 0 aromatic heterocycles. The quantitative estimate of drug-likeness (QED) is 0.243. The molecular formula is C26H39ClN4O5. The second kappa shape index (κ2) is 12.4. The van der Waals surface area contributed by atoms with Crippen LogP contribution in [0.2, 0.25) is 5.02 Å². The van der Waals surface area contributed by atoms with Crippen LogP contribution in [0.25, 0.3) is 0 Å². The number of esters is 1. The van der Waals surface area contributed by atoms with E-state index in [4.69, 9.17) is 26.8 Å². The number of nitrogens with one attached hydrogen (secondary N) is 1. The molecule has 0 radical (unpaired) electrons. The SMILES string of the molecule is COc1cc(N)c(Cl)cc1C(=O)NC1CCN(CCCCCC(=O)OC2CN3CCC2CC3)CC1O. The van der Waals surface area contributed by atoms with E-state index in [9.17, 15) is 14.7 Å². The van der Waals surface area contributed by atoms with Crippen LogP contribution < -0.4 is 15.8 Å². The van der Waals surface area contributed by atoms with Gasteiger partial charge in [0, 0.05) is 32.1 Å². The molecule has 5 rings (SSSR count). The first-order chi connectivity index (χ1) is 17.3. The number of fused-ring (bicyclic) bond motifs is 3. The number of nitrogens with zero attached hydrogens (tertiary/aromatic N) is 2. The van der Waals surface area contributed by atoms with Crippen LogP contribution in [-0.2, 0) is 9.53 Å². The van der Waals surface area contributed by atoms with Gasteiger partial charge in [-0.15, -0.1) is 0 Å². The number of aliphatic hydroxyl groups excluding tert-OH is 1. The number of hydrogen-bond acceptors (Lipinski definition) is 8. The number of rotatable bonds is 10. The molecule has 1 aromatic rings. The Morgan fingerprint density at radius 3 is 2.58 bits per heavy atom. The fraction of sp³-hybridized carbons (Fsp3) is 0.692. The van der Waals surface area contributed by atoms with E-state index in [0.717, 1.165) is 64.8 Å². The van der Waals surface area contributed by atoms with E-state index in [0.29, 0.717) is 42.3 Å².